The van der Waals surface area contributed by atoms with Gasteiger partial charge in [0.15, 0.2) is 0 Å². The summed E-state index contributed by atoms with van der Waals surface area (Å²) in [6, 6.07) is 9.44. The Morgan fingerprint density at radius 2 is 1.52 bits per heavy atom. The zero-order chi connectivity index (χ0) is 21.9. The molecule has 1 atom stereocenters. The highest BCUT2D eigenvalue weighted by Gasteiger charge is 2.28. The van der Waals surface area contributed by atoms with E-state index < -0.39 is 0 Å². The summed E-state index contributed by atoms with van der Waals surface area (Å²) in [6.45, 7) is 2.34. The number of nitrogens with one attached hydrogen (secondary N) is 2. The van der Waals surface area contributed by atoms with Crippen molar-refractivity contribution in [3.8, 4) is 5.75 Å². The molecule has 2 aliphatic rings. The smallest absolute Gasteiger partial charge is 0.226 e. The van der Waals surface area contributed by atoms with Gasteiger partial charge in [0.1, 0.15) is 5.75 Å². The maximum absolute atomic E-state index is 12.5. The predicted molar refractivity (Wildman–Crippen MR) is 118 cm³/mol. The molecule has 1 saturated carbocycles. The van der Waals surface area contributed by atoms with E-state index in [0.717, 1.165) is 44.3 Å². The van der Waals surface area contributed by atoms with Crippen LogP contribution in [0.4, 0.5) is 0 Å². The average molecular weight is 430 g/mol. The number of amides is 3. The highest BCUT2D eigenvalue weighted by molar-refractivity contribution is 5.81. The second kappa shape index (κ2) is 12.3. The van der Waals surface area contributed by atoms with E-state index in [2.05, 4.69) is 10.6 Å². The topological polar surface area (TPSA) is 87.7 Å². The Labute approximate surface area is 184 Å². The molecule has 0 radical (unpaired) electrons. The van der Waals surface area contributed by atoms with E-state index in [1.54, 1.807) is 4.90 Å². The van der Waals surface area contributed by atoms with Crippen LogP contribution in [0.1, 0.15) is 51.4 Å². The first-order valence-corrected chi connectivity index (χ1v) is 11.6. The molecule has 1 unspecified atom stereocenters. The van der Waals surface area contributed by atoms with Gasteiger partial charge in [-0.25, -0.2) is 0 Å². The average Bonchev–Trinajstić information content (AvgIpc) is 2.82. The van der Waals surface area contributed by atoms with Crippen molar-refractivity contribution in [1.82, 2.24) is 15.5 Å². The molecule has 0 aromatic heterocycles. The third-order valence-corrected chi connectivity index (χ3v) is 6.17. The molecule has 170 valence electrons. The minimum absolute atomic E-state index is 0.0215. The lowest BCUT2D eigenvalue weighted by Crippen LogP contribution is -2.47. The van der Waals surface area contributed by atoms with Crippen LogP contribution in [0.15, 0.2) is 30.3 Å². The molecule has 0 spiro atoms. The van der Waals surface area contributed by atoms with Crippen LogP contribution in [-0.4, -0.2) is 55.4 Å². The van der Waals surface area contributed by atoms with E-state index in [-0.39, 0.29) is 29.6 Å². The van der Waals surface area contributed by atoms with Crippen molar-refractivity contribution >= 4 is 17.7 Å². The van der Waals surface area contributed by atoms with Crippen molar-refractivity contribution in [3.63, 3.8) is 0 Å². The van der Waals surface area contributed by atoms with E-state index in [1.807, 2.05) is 30.3 Å². The summed E-state index contributed by atoms with van der Waals surface area (Å²) in [6.07, 6.45) is 7.33. The van der Waals surface area contributed by atoms with E-state index in [4.69, 9.17) is 4.74 Å². The summed E-state index contributed by atoms with van der Waals surface area (Å²) in [5.41, 5.74) is 0. The van der Waals surface area contributed by atoms with E-state index in [9.17, 15) is 14.4 Å². The Morgan fingerprint density at radius 1 is 0.871 bits per heavy atom. The summed E-state index contributed by atoms with van der Waals surface area (Å²) in [7, 11) is 0. The molecule has 1 aromatic carbocycles. The van der Waals surface area contributed by atoms with Gasteiger partial charge in [-0.1, -0.05) is 37.5 Å². The molecule has 7 nitrogen and oxygen atoms in total. The molecule has 7 heteroatoms. The van der Waals surface area contributed by atoms with Crippen LogP contribution in [-0.2, 0) is 14.4 Å². The maximum atomic E-state index is 12.5. The standard InChI is InChI=1S/C24H35N3O4/c28-22(13-17-31-21-11-5-2-6-12-21)27-16-7-10-20(18-27)24(30)26-15-14-25-23(29)19-8-3-1-4-9-19/h2,5-6,11-12,19-20H,1,3-4,7-10,13-18H2,(H,25,29)(H,26,30). The summed E-state index contributed by atoms with van der Waals surface area (Å²) < 4.78 is 5.61. The number of rotatable bonds is 9. The third kappa shape index (κ3) is 7.56. The number of carbonyl (C=O) groups is 3. The largest absolute Gasteiger partial charge is 0.493 e. The fraction of sp³-hybridized carbons (Fsp3) is 0.625. The fourth-order valence-electron chi connectivity index (χ4n) is 4.37. The summed E-state index contributed by atoms with van der Waals surface area (Å²) >= 11 is 0. The molecular weight excluding hydrogens is 394 g/mol. The molecular formula is C24H35N3O4. The Morgan fingerprint density at radius 3 is 2.23 bits per heavy atom. The Bertz CT molecular complexity index is 719. The van der Waals surface area contributed by atoms with Crippen LogP contribution < -0.4 is 15.4 Å². The van der Waals surface area contributed by atoms with Gasteiger partial charge in [-0.05, 0) is 37.8 Å². The van der Waals surface area contributed by atoms with Gasteiger partial charge in [0.2, 0.25) is 17.7 Å². The first kappa shape index (κ1) is 23.1. The van der Waals surface area contributed by atoms with Gasteiger partial charge >= 0.3 is 0 Å². The number of carbonyl (C=O) groups excluding carboxylic acids is 3. The molecule has 31 heavy (non-hydrogen) atoms. The molecule has 1 aliphatic carbocycles. The molecule has 1 aromatic rings. The molecule has 3 rings (SSSR count). The van der Waals surface area contributed by atoms with Crippen molar-refractivity contribution in [2.24, 2.45) is 11.8 Å². The van der Waals surface area contributed by atoms with Crippen LogP contribution >= 0.6 is 0 Å². The summed E-state index contributed by atoms with van der Waals surface area (Å²) in [4.78, 5) is 39.0. The number of benzene rings is 1. The highest BCUT2D eigenvalue weighted by atomic mass is 16.5. The quantitative estimate of drug-likeness (QED) is 0.591. The van der Waals surface area contributed by atoms with Crippen LogP contribution in [0.5, 0.6) is 5.75 Å². The van der Waals surface area contributed by atoms with E-state index >= 15 is 0 Å². The predicted octanol–water partition coefficient (Wildman–Crippen LogP) is 2.51. The van der Waals surface area contributed by atoms with Crippen molar-refractivity contribution in [2.45, 2.75) is 51.4 Å². The Hall–Kier alpha value is -2.57. The number of piperidine rings is 1. The normalized spacial score (nSPS) is 19.5. The van der Waals surface area contributed by atoms with Gasteiger partial charge in [-0.15, -0.1) is 0 Å². The molecule has 0 bridgehead atoms. The molecule has 2 fully saturated rings. The van der Waals surface area contributed by atoms with E-state index in [0.29, 0.717) is 39.2 Å². The first-order valence-electron chi connectivity index (χ1n) is 11.6. The molecule has 1 saturated heterocycles. The number of ether oxygens (including phenoxy) is 1. The van der Waals surface area contributed by atoms with Gasteiger partial charge in [0, 0.05) is 32.1 Å². The zero-order valence-corrected chi connectivity index (χ0v) is 18.3. The molecule has 3 amide bonds. The van der Waals surface area contributed by atoms with Crippen molar-refractivity contribution in [2.75, 3.05) is 32.8 Å². The zero-order valence-electron chi connectivity index (χ0n) is 18.3. The van der Waals surface area contributed by atoms with Gasteiger partial charge in [-0.3, -0.25) is 14.4 Å². The van der Waals surface area contributed by atoms with Gasteiger partial charge in [0.25, 0.3) is 0 Å². The number of para-hydroxylation sites is 1. The Balaban J connectivity index is 1.31. The first-order chi connectivity index (χ1) is 15.1. The third-order valence-electron chi connectivity index (χ3n) is 6.17. The number of hydrogen-bond acceptors (Lipinski definition) is 4. The molecule has 1 heterocycles. The van der Waals surface area contributed by atoms with Gasteiger partial charge in [-0.2, -0.15) is 0 Å². The summed E-state index contributed by atoms with van der Waals surface area (Å²) in [5.74, 6) is 0.788. The number of likely N-dealkylation sites (tertiary alicyclic amines) is 1. The van der Waals surface area contributed by atoms with Crippen LogP contribution in [0.25, 0.3) is 0 Å². The monoisotopic (exact) mass is 429 g/mol. The van der Waals surface area contributed by atoms with E-state index in [1.165, 1.54) is 6.42 Å². The van der Waals surface area contributed by atoms with Crippen LogP contribution in [0.3, 0.4) is 0 Å². The van der Waals surface area contributed by atoms with Crippen molar-refractivity contribution in [3.05, 3.63) is 30.3 Å². The molecule has 1 aliphatic heterocycles. The number of hydrogen-bond donors (Lipinski definition) is 2. The van der Waals surface area contributed by atoms with Crippen molar-refractivity contribution in [1.29, 1.82) is 0 Å². The maximum Gasteiger partial charge on any atom is 0.226 e. The fourth-order valence-corrected chi connectivity index (χ4v) is 4.37. The van der Waals surface area contributed by atoms with Crippen molar-refractivity contribution < 1.29 is 19.1 Å². The SMILES string of the molecule is O=C(NCCNC(=O)C1CCCN(C(=O)CCOc2ccccc2)C1)C1CCCCC1. The molecule has 2 N–H and O–H groups in total. The van der Waals surface area contributed by atoms with Gasteiger partial charge in [0.05, 0.1) is 18.9 Å². The highest BCUT2D eigenvalue weighted by Crippen LogP contribution is 2.23. The lowest BCUT2D eigenvalue weighted by Gasteiger charge is -2.32. The van der Waals surface area contributed by atoms with Crippen LogP contribution in [0, 0.1) is 11.8 Å². The second-order valence-electron chi connectivity index (χ2n) is 8.51. The Kier molecular flexibility index (Phi) is 9.18. The number of nitrogens with zero attached hydrogens (tertiary/aromatic N) is 1. The van der Waals surface area contributed by atoms with Gasteiger partial charge < -0.3 is 20.3 Å². The minimum Gasteiger partial charge on any atom is -0.493 e. The minimum atomic E-state index is -0.193. The van der Waals surface area contributed by atoms with Crippen LogP contribution in [0.2, 0.25) is 0 Å². The lowest BCUT2D eigenvalue weighted by atomic mass is 9.89. The lowest BCUT2D eigenvalue weighted by molar-refractivity contribution is -0.136. The summed E-state index contributed by atoms with van der Waals surface area (Å²) in [5, 5.41) is 5.86. The second-order valence-corrected chi connectivity index (χ2v) is 8.51.